The number of aromatic nitrogens is 2. The Labute approximate surface area is 98.8 Å². The Morgan fingerprint density at radius 1 is 1.20 bits per heavy atom. The SMILES string of the molecule is Brc1ncc(NCC2CCCCC2)cn1. The van der Waals surface area contributed by atoms with Gasteiger partial charge in [0.2, 0.25) is 0 Å². The van der Waals surface area contributed by atoms with E-state index >= 15 is 0 Å². The first-order valence-electron chi connectivity index (χ1n) is 5.56. The lowest BCUT2D eigenvalue weighted by Gasteiger charge is -2.21. The van der Waals surface area contributed by atoms with Crippen molar-refractivity contribution in [1.29, 1.82) is 0 Å². The Kier molecular flexibility index (Phi) is 3.94. The summed E-state index contributed by atoms with van der Waals surface area (Å²) in [6.07, 6.45) is 10.6. The summed E-state index contributed by atoms with van der Waals surface area (Å²) in [4.78, 5) is 8.17. The fourth-order valence-electron chi connectivity index (χ4n) is 2.06. The molecule has 0 saturated heterocycles. The molecule has 82 valence electrons. The standard InChI is InChI=1S/C11H16BrN3/c12-11-14-7-10(8-15-11)13-6-9-4-2-1-3-5-9/h7-9,13H,1-6H2. The third-order valence-electron chi connectivity index (χ3n) is 2.94. The van der Waals surface area contributed by atoms with Crippen molar-refractivity contribution in [2.24, 2.45) is 5.92 Å². The van der Waals surface area contributed by atoms with E-state index in [4.69, 9.17) is 0 Å². The van der Waals surface area contributed by atoms with Gasteiger partial charge in [0, 0.05) is 6.54 Å². The van der Waals surface area contributed by atoms with Gasteiger partial charge in [-0.05, 0) is 34.7 Å². The number of halogens is 1. The number of hydrogen-bond acceptors (Lipinski definition) is 3. The lowest BCUT2D eigenvalue weighted by Crippen LogP contribution is -2.17. The van der Waals surface area contributed by atoms with Crippen LogP contribution in [-0.2, 0) is 0 Å². The Hall–Kier alpha value is -0.640. The molecule has 1 saturated carbocycles. The van der Waals surface area contributed by atoms with Crippen LogP contribution in [0.25, 0.3) is 0 Å². The maximum absolute atomic E-state index is 4.09. The largest absolute Gasteiger partial charge is 0.382 e. The third-order valence-corrected chi connectivity index (χ3v) is 3.35. The summed E-state index contributed by atoms with van der Waals surface area (Å²) in [6, 6.07) is 0. The van der Waals surface area contributed by atoms with Crippen LogP contribution in [0.4, 0.5) is 5.69 Å². The number of hydrogen-bond donors (Lipinski definition) is 1. The zero-order chi connectivity index (χ0) is 10.5. The van der Waals surface area contributed by atoms with Crippen LogP contribution < -0.4 is 5.32 Å². The fraction of sp³-hybridized carbons (Fsp3) is 0.636. The highest BCUT2D eigenvalue weighted by Crippen LogP contribution is 2.23. The molecule has 0 bridgehead atoms. The number of nitrogens with zero attached hydrogens (tertiary/aromatic N) is 2. The Bertz CT molecular complexity index is 293. The van der Waals surface area contributed by atoms with Crippen molar-refractivity contribution >= 4 is 21.6 Å². The Morgan fingerprint density at radius 3 is 2.53 bits per heavy atom. The quantitative estimate of drug-likeness (QED) is 0.857. The molecule has 1 heterocycles. The molecule has 0 aromatic carbocycles. The second kappa shape index (κ2) is 5.45. The minimum Gasteiger partial charge on any atom is -0.382 e. The van der Waals surface area contributed by atoms with Gasteiger partial charge in [-0.1, -0.05) is 19.3 Å². The molecule has 1 fully saturated rings. The van der Waals surface area contributed by atoms with Crippen LogP contribution in [0, 0.1) is 5.92 Å². The molecule has 2 rings (SSSR count). The molecule has 15 heavy (non-hydrogen) atoms. The van der Waals surface area contributed by atoms with Crippen molar-refractivity contribution in [3.05, 3.63) is 17.1 Å². The van der Waals surface area contributed by atoms with E-state index in [1.807, 2.05) is 12.4 Å². The Balaban J connectivity index is 1.79. The second-order valence-corrected chi connectivity index (χ2v) is 4.83. The van der Waals surface area contributed by atoms with Crippen molar-refractivity contribution in [3.63, 3.8) is 0 Å². The summed E-state index contributed by atoms with van der Waals surface area (Å²) in [5, 5.41) is 3.40. The van der Waals surface area contributed by atoms with Crippen molar-refractivity contribution in [2.75, 3.05) is 11.9 Å². The van der Waals surface area contributed by atoms with Crippen LogP contribution in [-0.4, -0.2) is 16.5 Å². The summed E-state index contributed by atoms with van der Waals surface area (Å²) in [5.74, 6) is 0.836. The number of rotatable bonds is 3. The van der Waals surface area contributed by atoms with Crippen LogP contribution >= 0.6 is 15.9 Å². The normalized spacial score (nSPS) is 17.7. The summed E-state index contributed by atoms with van der Waals surface area (Å²) in [7, 11) is 0. The first-order valence-corrected chi connectivity index (χ1v) is 6.35. The number of anilines is 1. The highest BCUT2D eigenvalue weighted by molar-refractivity contribution is 9.10. The summed E-state index contributed by atoms with van der Waals surface area (Å²) in [5.41, 5.74) is 1.02. The van der Waals surface area contributed by atoms with Gasteiger partial charge < -0.3 is 5.32 Å². The molecular formula is C11H16BrN3. The smallest absolute Gasteiger partial charge is 0.196 e. The molecule has 0 aliphatic heterocycles. The molecule has 0 unspecified atom stereocenters. The van der Waals surface area contributed by atoms with Gasteiger partial charge >= 0.3 is 0 Å². The monoisotopic (exact) mass is 269 g/mol. The number of nitrogens with one attached hydrogen (secondary N) is 1. The van der Waals surface area contributed by atoms with Gasteiger partial charge in [0.05, 0.1) is 18.1 Å². The minimum absolute atomic E-state index is 0.644. The van der Waals surface area contributed by atoms with E-state index < -0.39 is 0 Å². The highest BCUT2D eigenvalue weighted by atomic mass is 79.9. The van der Waals surface area contributed by atoms with Gasteiger partial charge in [-0.2, -0.15) is 0 Å². The third kappa shape index (κ3) is 3.45. The van der Waals surface area contributed by atoms with E-state index in [2.05, 4.69) is 31.2 Å². The van der Waals surface area contributed by atoms with E-state index in [1.165, 1.54) is 32.1 Å². The average Bonchev–Trinajstić information content (AvgIpc) is 2.30. The summed E-state index contributed by atoms with van der Waals surface area (Å²) < 4.78 is 0.644. The van der Waals surface area contributed by atoms with Crippen LogP contribution in [0.15, 0.2) is 17.1 Å². The molecule has 3 nitrogen and oxygen atoms in total. The Morgan fingerprint density at radius 2 is 1.87 bits per heavy atom. The van der Waals surface area contributed by atoms with Gasteiger partial charge in [0.1, 0.15) is 0 Å². The van der Waals surface area contributed by atoms with Crippen LogP contribution in [0.2, 0.25) is 0 Å². The van der Waals surface area contributed by atoms with Gasteiger partial charge in [-0.15, -0.1) is 0 Å². The molecule has 0 spiro atoms. The topological polar surface area (TPSA) is 37.8 Å². The lowest BCUT2D eigenvalue weighted by atomic mass is 9.89. The molecule has 1 aliphatic rings. The van der Waals surface area contributed by atoms with Crippen LogP contribution in [0.1, 0.15) is 32.1 Å². The zero-order valence-electron chi connectivity index (χ0n) is 8.75. The van der Waals surface area contributed by atoms with Gasteiger partial charge in [0.15, 0.2) is 4.73 Å². The van der Waals surface area contributed by atoms with Crippen molar-refractivity contribution in [3.8, 4) is 0 Å². The molecule has 0 amide bonds. The highest BCUT2D eigenvalue weighted by Gasteiger charge is 2.12. The molecule has 1 N–H and O–H groups in total. The minimum atomic E-state index is 0.644. The molecular weight excluding hydrogens is 254 g/mol. The van der Waals surface area contributed by atoms with Crippen LogP contribution in [0.3, 0.4) is 0 Å². The molecule has 4 heteroatoms. The fourth-order valence-corrected chi connectivity index (χ4v) is 2.26. The van der Waals surface area contributed by atoms with E-state index in [1.54, 1.807) is 0 Å². The molecule has 1 aromatic rings. The van der Waals surface area contributed by atoms with E-state index in [0.29, 0.717) is 4.73 Å². The van der Waals surface area contributed by atoms with Gasteiger partial charge in [-0.25, -0.2) is 9.97 Å². The van der Waals surface area contributed by atoms with E-state index in [9.17, 15) is 0 Å². The second-order valence-electron chi connectivity index (χ2n) is 4.13. The van der Waals surface area contributed by atoms with Gasteiger partial charge in [0.25, 0.3) is 0 Å². The maximum Gasteiger partial charge on any atom is 0.196 e. The predicted octanol–water partition coefficient (Wildman–Crippen LogP) is 3.23. The van der Waals surface area contributed by atoms with Crippen molar-refractivity contribution in [1.82, 2.24) is 9.97 Å². The maximum atomic E-state index is 4.09. The van der Waals surface area contributed by atoms with Crippen molar-refractivity contribution in [2.45, 2.75) is 32.1 Å². The van der Waals surface area contributed by atoms with Crippen molar-refractivity contribution < 1.29 is 0 Å². The predicted molar refractivity (Wildman–Crippen MR) is 64.8 cm³/mol. The van der Waals surface area contributed by atoms with E-state index in [0.717, 1.165) is 18.2 Å². The first-order chi connectivity index (χ1) is 7.34. The zero-order valence-corrected chi connectivity index (χ0v) is 10.3. The summed E-state index contributed by atoms with van der Waals surface area (Å²) in [6.45, 7) is 1.06. The van der Waals surface area contributed by atoms with E-state index in [-0.39, 0.29) is 0 Å². The van der Waals surface area contributed by atoms with Crippen LogP contribution in [0.5, 0.6) is 0 Å². The first kappa shape index (κ1) is 10.9. The molecule has 1 aliphatic carbocycles. The molecule has 1 aromatic heterocycles. The molecule has 0 radical (unpaired) electrons. The average molecular weight is 270 g/mol. The lowest BCUT2D eigenvalue weighted by molar-refractivity contribution is 0.373. The van der Waals surface area contributed by atoms with Gasteiger partial charge in [-0.3, -0.25) is 0 Å². The molecule has 0 atom stereocenters. The summed E-state index contributed by atoms with van der Waals surface area (Å²) >= 11 is 3.22.